The molecular weight excluding hydrogens is 336 g/mol. The van der Waals surface area contributed by atoms with Crippen LogP contribution < -0.4 is 10.6 Å². The molecule has 1 aliphatic carbocycles. The number of rotatable bonds is 7. The van der Waals surface area contributed by atoms with Crippen LogP contribution >= 0.6 is 0 Å². The Labute approximate surface area is 161 Å². The Morgan fingerprint density at radius 3 is 1.85 bits per heavy atom. The van der Waals surface area contributed by atoms with Crippen LogP contribution in [-0.4, -0.2) is 24.9 Å². The van der Waals surface area contributed by atoms with Crippen LogP contribution in [0.5, 0.6) is 0 Å². The summed E-state index contributed by atoms with van der Waals surface area (Å²) in [7, 11) is 0. The number of carbonyl (C=O) groups excluding carboxylic acids is 2. The molecule has 2 aromatic carbocycles. The van der Waals surface area contributed by atoms with E-state index in [1.807, 2.05) is 60.7 Å². The number of carbonyl (C=O) groups is 2. The van der Waals surface area contributed by atoms with E-state index in [-0.39, 0.29) is 23.7 Å². The summed E-state index contributed by atoms with van der Waals surface area (Å²) in [5, 5.41) is 5.96. The molecule has 2 amide bonds. The molecule has 1 fully saturated rings. The minimum Gasteiger partial charge on any atom is -0.354 e. The quantitative estimate of drug-likeness (QED) is 0.737. The van der Waals surface area contributed by atoms with Gasteiger partial charge in [0.1, 0.15) is 0 Å². The summed E-state index contributed by atoms with van der Waals surface area (Å²) in [5.41, 5.74) is 1.93. The number of amides is 2. The maximum absolute atomic E-state index is 12.9. The van der Waals surface area contributed by atoms with Crippen molar-refractivity contribution in [2.75, 3.05) is 13.1 Å². The van der Waals surface area contributed by atoms with Crippen molar-refractivity contribution in [3.05, 3.63) is 71.8 Å². The van der Waals surface area contributed by atoms with E-state index in [0.29, 0.717) is 13.1 Å². The average molecular weight is 364 g/mol. The highest BCUT2D eigenvalue weighted by Crippen LogP contribution is 2.25. The summed E-state index contributed by atoms with van der Waals surface area (Å²) >= 11 is 0. The monoisotopic (exact) mass is 364 g/mol. The fourth-order valence-electron chi connectivity index (χ4n) is 3.77. The number of hydrogen-bond acceptors (Lipinski definition) is 2. The van der Waals surface area contributed by atoms with Crippen molar-refractivity contribution in [3.8, 4) is 0 Å². The van der Waals surface area contributed by atoms with Gasteiger partial charge in [0, 0.05) is 19.0 Å². The lowest BCUT2D eigenvalue weighted by molar-refractivity contribution is -0.126. The van der Waals surface area contributed by atoms with E-state index in [4.69, 9.17) is 0 Å². The fourth-order valence-corrected chi connectivity index (χ4v) is 3.77. The summed E-state index contributed by atoms with van der Waals surface area (Å²) in [6.45, 7) is 0.908. The zero-order valence-corrected chi connectivity index (χ0v) is 15.7. The molecular formula is C23H28N2O2. The van der Waals surface area contributed by atoms with Gasteiger partial charge < -0.3 is 10.6 Å². The Kier molecular flexibility index (Phi) is 7.03. The minimum absolute atomic E-state index is 0.0423. The predicted molar refractivity (Wildman–Crippen MR) is 107 cm³/mol. The normalized spacial score (nSPS) is 14.7. The summed E-state index contributed by atoms with van der Waals surface area (Å²) in [4.78, 5) is 25.1. The molecule has 0 atom stereocenters. The third-order valence-corrected chi connectivity index (χ3v) is 5.23. The Morgan fingerprint density at radius 1 is 0.778 bits per heavy atom. The van der Waals surface area contributed by atoms with Crippen LogP contribution in [0, 0.1) is 5.92 Å². The van der Waals surface area contributed by atoms with E-state index < -0.39 is 0 Å². The second-order valence-corrected chi connectivity index (χ2v) is 7.17. The molecule has 0 unspecified atom stereocenters. The van der Waals surface area contributed by atoms with Gasteiger partial charge in [-0.3, -0.25) is 9.59 Å². The van der Waals surface area contributed by atoms with Gasteiger partial charge >= 0.3 is 0 Å². The molecule has 4 nitrogen and oxygen atoms in total. The van der Waals surface area contributed by atoms with Gasteiger partial charge in [0.15, 0.2) is 0 Å². The SMILES string of the molecule is O=C(NCCNC(=O)C(c1ccccc1)c1ccccc1)C1CCCCC1. The zero-order valence-electron chi connectivity index (χ0n) is 15.7. The molecule has 0 bridgehead atoms. The lowest BCUT2D eigenvalue weighted by Crippen LogP contribution is -2.39. The van der Waals surface area contributed by atoms with Crippen LogP contribution in [0.2, 0.25) is 0 Å². The van der Waals surface area contributed by atoms with E-state index >= 15 is 0 Å². The first-order valence-electron chi connectivity index (χ1n) is 9.91. The summed E-state index contributed by atoms with van der Waals surface area (Å²) in [5.74, 6) is -0.108. The minimum atomic E-state index is -0.346. The van der Waals surface area contributed by atoms with Gasteiger partial charge in [0.2, 0.25) is 11.8 Å². The van der Waals surface area contributed by atoms with Gasteiger partial charge in [-0.25, -0.2) is 0 Å². The van der Waals surface area contributed by atoms with Crippen molar-refractivity contribution in [1.82, 2.24) is 10.6 Å². The predicted octanol–water partition coefficient (Wildman–Crippen LogP) is 3.63. The average Bonchev–Trinajstić information content (AvgIpc) is 2.73. The van der Waals surface area contributed by atoms with Crippen molar-refractivity contribution in [2.24, 2.45) is 5.92 Å². The Bertz CT molecular complexity index is 685. The Balaban J connectivity index is 1.55. The molecule has 1 aliphatic rings. The first kappa shape index (κ1) is 19.2. The lowest BCUT2D eigenvalue weighted by Gasteiger charge is -2.21. The van der Waals surface area contributed by atoms with E-state index in [2.05, 4.69) is 10.6 Å². The van der Waals surface area contributed by atoms with E-state index in [1.165, 1.54) is 6.42 Å². The second kappa shape index (κ2) is 9.91. The van der Waals surface area contributed by atoms with Crippen LogP contribution in [0.4, 0.5) is 0 Å². The van der Waals surface area contributed by atoms with Crippen molar-refractivity contribution in [2.45, 2.75) is 38.0 Å². The number of nitrogens with one attached hydrogen (secondary N) is 2. The fraction of sp³-hybridized carbons (Fsp3) is 0.391. The first-order chi connectivity index (χ1) is 13.3. The van der Waals surface area contributed by atoms with E-state index in [9.17, 15) is 9.59 Å². The van der Waals surface area contributed by atoms with Crippen LogP contribution in [0.15, 0.2) is 60.7 Å². The number of benzene rings is 2. The molecule has 0 spiro atoms. The third kappa shape index (κ3) is 5.43. The molecule has 1 saturated carbocycles. The molecule has 2 aromatic rings. The maximum Gasteiger partial charge on any atom is 0.232 e. The maximum atomic E-state index is 12.9. The van der Waals surface area contributed by atoms with Crippen LogP contribution in [0.1, 0.15) is 49.1 Å². The highest BCUT2D eigenvalue weighted by atomic mass is 16.2. The Hall–Kier alpha value is -2.62. The molecule has 0 aromatic heterocycles. The molecule has 3 rings (SSSR count). The van der Waals surface area contributed by atoms with E-state index in [1.54, 1.807) is 0 Å². The molecule has 0 saturated heterocycles. The molecule has 0 radical (unpaired) electrons. The molecule has 2 N–H and O–H groups in total. The highest BCUT2D eigenvalue weighted by Gasteiger charge is 2.23. The van der Waals surface area contributed by atoms with Crippen LogP contribution in [0.25, 0.3) is 0 Å². The molecule has 27 heavy (non-hydrogen) atoms. The summed E-state index contributed by atoms with van der Waals surface area (Å²) < 4.78 is 0. The van der Waals surface area contributed by atoms with Crippen LogP contribution in [-0.2, 0) is 9.59 Å². The van der Waals surface area contributed by atoms with Crippen molar-refractivity contribution >= 4 is 11.8 Å². The second-order valence-electron chi connectivity index (χ2n) is 7.17. The molecule has 4 heteroatoms. The first-order valence-corrected chi connectivity index (χ1v) is 9.91. The number of hydrogen-bond donors (Lipinski definition) is 2. The lowest BCUT2D eigenvalue weighted by atomic mass is 9.89. The van der Waals surface area contributed by atoms with E-state index in [0.717, 1.165) is 36.8 Å². The summed E-state index contributed by atoms with van der Waals surface area (Å²) in [6.07, 6.45) is 5.50. The largest absolute Gasteiger partial charge is 0.354 e. The van der Waals surface area contributed by atoms with Gasteiger partial charge in [0.25, 0.3) is 0 Å². The van der Waals surface area contributed by atoms with Gasteiger partial charge in [0.05, 0.1) is 5.92 Å². The van der Waals surface area contributed by atoms with Gasteiger partial charge in [-0.2, -0.15) is 0 Å². The highest BCUT2D eigenvalue weighted by molar-refractivity contribution is 5.87. The topological polar surface area (TPSA) is 58.2 Å². The molecule has 142 valence electrons. The van der Waals surface area contributed by atoms with Gasteiger partial charge in [-0.1, -0.05) is 79.9 Å². The third-order valence-electron chi connectivity index (χ3n) is 5.23. The zero-order chi connectivity index (χ0) is 18.9. The van der Waals surface area contributed by atoms with Gasteiger partial charge in [-0.05, 0) is 24.0 Å². The standard InChI is InChI=1S/C23H28N2O2/c26-22(20-14-8-3-9-15-20)24-16-17-25-23(27)21(18-10-4-1-5-11-18)19-12-6-2-7-13-19/h1-2,4-7,10-13,20-21H,3,8-9,14-17H2,(H,24,26)(H,25,27). The van der Waals surface area contributed by atoms with Crippen molar-refractivity contribution in [1.29, 1.82) is 0 Å². The smallest absolute Gasteiger partial charge is 0.232 e. The van der Waals surface area contributed by atoms with Crippen molar-refractivity contribution < 1.29 is 9.59 Å². The molecule has 0 aliphatic heterocycles. The van der Waals surface area contributed by atoms with Crippen LogP contribution in [0.3, 0.4) is 0 Å². The Morgan fingerprint density at radius 2 is 1.30 bits per heavy atom. The van der Waals surface area contributed by atoms with Crippen molar-refractivity contribution in [3.63, 3.8) is 0 Å². The summed E-state index contributed by atoms with van der Waals surface area (Å²) in [6, 6.07) is 19.6. The molecule has 0 heterocycles. The van der Waals surface area contributed by atoms with Gasteiger partial charge in [-0.15, -0.1) is 0 Å².